The zero-order valence-corrected chi connectivity index (χ0v) is 12.3. The van der Waals surface area contributed by atoms with Crippen LogP contribution in [0.5, 0.6) is 11.6 Å². The van der Waals surface area contributed by atoms with E-state index in [1.807, 2.05) is 39.0 Å². The largest absolute Gasteiger partial charge is 0.496 e. The minimum absolute atomic E-state index is 0.114. The highest BCUT2D eigenvalue weighted by molar-refractivity contribution is 7.16. The standard InChI is InChI=1S/C14H18N2O2S/c1-8(2)12-13(17)16-14(19-12)15-10-6-5-7-11(18-4)9(10)3/h5-8,17H,1-4H3,(H,15,16). The van der Waals surface area contributed by atoms with Crippen LogP contribution in [0.15, 0.2) is 18.2 Å². The summed E-state index contributed by atoms with van der Waals surface area (Å²) in [5.74, 6) is 1.21. The Labute approximate surface area is 117 Å². The minimum Gasteiger partial charge on any atom is -0.496 e. The number of benzene rings is 1. The molecule has 4 nitrogen and oxygen atoms in total. The van der Waals surface area contributed by atoms with Gasteiger partial charge in [-0.25, -0.2) is 0 Å². The van der Waals surface area contributed by atoms with Gasteiger partial charge in [-0.05, 0) is 25.0 Å². The van der Waals surface area contributed by atoms with E-state index in [1.165, 1.54) is 11.3 Å². The molecule has 2 rings (SSSR count). The van der Waals surface area contributed by atoms with Crippen molar-refractivity contribution in [3.05, 3.63) is 28.6 Å². The highest BCUT2D eigenvalue weighted by atomic mass is 32.1. The first-order chi connectivity index (χ1) is 9.02. The van der Waals surface area contributed by atoms with Crippen molar-refractivity contribution in [1.82, 2.24) is 4.98 Å². The SMILES string of the molecule is COc1cccc(Nc2nc(O)c(C(C)C)s2)c1C. The highest BCUT2D eigenvalue weighted by Crippen LogP contribution is 2.36. The molecule has 0 bridgehead atoms. The van der Waals surface area contributed by atoms with Gasteiger partial charge in [0.15, 0.2) is 5.13 Å². The van der Waals surface area contributed by atoms with E-state index in [4.69, 9.17) is 4.74 Å². The number of methoxy groups -OCH3 is 1. The molecule has 0 atom stereocenters. The molecule has 0 amide bonds. The quantitative estimate of drug-likeness (QED) is 0.886. The van der Waals surface area contributed by atoms with Crippen LogP contribution in [0.1, 0.15) is 30.2 Å². The Morgan fingerprint density at radius 2 is 2.11 bits per heavy atom. The molecule has 0 fully saturated rings. The van der Waals surface area contributed by atoms with E-state index < -0.39 is 0 Å². The van der Waals surface area contributed by atoms with Crippen LogP contribution in [-0.2, 0) is 0 Å². The Morgan fingerprint density at radius 3 is 2.68 bits per heavy atom. The molecule has 2 aromatic rings. The molecule has 2 N–H and O–H groups in total. The maximum Gasteiger partial charge on any atom is 0.227 e. The molecule has 1 aromatic carbocycles. The Morgan fingerprint density at radius 1 is 1.37 bits per heavy atom. The Balaban J connectivity index is 2.29. The number of nitrogens with zero attached hydrogens (tertiary/aromatic N) is 1. The van der Waals surface area contributed by atoms with Gasteiger partial charge in [-0.15, -0.1) is 0 Å². The summed E-state index contributed by atoms with van der Waals surface area (Å²) in [6.07, 6.45) is 0. The topological polar surface area (TPSA) is 54.4 Å². The van der Waals surface area contributed by atoms with E-state index in [9.17, 15) is 5.11 Å². The first-order valence-electron chi connectivity index (χ1n) is 6.13. The van der Waals surface area contributed by atoms with Crippen molar-refractivity contribution in [2.45, 2.75) is 26.7 Å². The average Bonchev–Trinajstić information content (AvgIpc) is 2.73. The van der Waals surface area contributed by atoms with Crippen LogP contribution in [-0.4, -0.2) is 17.2 Å². The van der Waals surface area contributed by atoms with Crippen LogP contribution >= 0.6 is 11.3 Å². The number of anilines is 2. The van der Waals surface area contributed by atoms with Crippen LogP contribution in [0.3, 0.4) is 0 Å². The van der Waals surface area contributed by atoms with Gasteiger partial charge in [0, 0.05) is 11.3 Å². The Kier molecular flexibility index (Phi) is 3.95. The van der Waals surface area contributed by atoms with Gasteiger partial charge in [0.05, 0.1) is 12.0 Å². The van der Waals surface area contributed by atoms with Crippen molar-refractivity contribution in [3.8, 4) is 11.6 Å². The van der Waals surface area contributed by atoms with E-state index in [2.05, 4.69) is 10.3 Å². The van der Waals surface area contributed by atoms with Gasteiger partial charge in [-0.1, -0.05) is 31.3 Å². The molecule has 0 aliphatic carbocycles. The monoisotopic (exact) mass is 278 g/mol. The molecule has 102 valence electrons. The third-order valence-electron chi connectivity index (χ3n) is 2.90. The Hall–Kier alpha value is -1.75. The van der Waals surface area contributed by atoms with Gasteiger partial charge in [0.2, 0.25) is 5.88 Å². The summed E-state index contributed by atoms with van der Waals surface area (Å²) in [5, 5.41) is 13.7. The lowest BCUT2D eigenvalue weighted by molar-refractivity contribution is 0.412. The van der Waals surface area contributed by atoms with Gasteiger partial charge in [-0.3, -0.25) is 0 Å². The maximum absolute atomic E-state index is 9.78. The second kappa shape index (κ2) is 5.48. The van der Waals surface area contributed by atoms with E-state index >= 15 is 0 Å². The molecule has 0 saturated carbocycles. The van der Waals surface area contributed by atoms with E-state index in [0.717, 1.165) is 21.9 Å². The van der Waals surface area contributed by atoms with Gasteiger partial charge < -0.3 is 15.2 Å². The molecule has 0 unspecified atom stereocenters. The normalized spacial score (nSPS) is 10.8. The lowest BCUT2D eigenvalue weighted by atomic mass is 10.2. The average molecular weight is 278 g/mol. The van der Waals surface area contributed by atoms with Crippen LogP contribution in [0.25, 0.3) is 0 Å². The summed E-state index contributed by atoms with van der Waals surface area (Å²) in [7, 11) is 1.65. The lowest BCUT2D eigenvalue weighted by Crippen LogP contribution is -1.95. The molecule has 1 aromatic heterocycles. The number of aromatic hydroxyl groups is 1. The van der Waals surface area contributed by atoms with Gasteiger partial charge >= 0.3 is 0 Å². The van der Waals surface area contributed by atoms with Gasteiger partial charge in [-0.2, -0.15) is 4.98 Å². The maximum atomic E-state index is 9.78. The molecular formula is C14H18N2O2S. The summed E-state index contributed by atoms with van der Waals surface area (Å²) in [6, 6.07) is 5.80. The number of aromatic nitrogens is 1. The second-order valence-corrected chi connectivity index (χ2v) is 5.65. The molecule has 0 radical (unpaired) electrons. The summed E-state index contributed by atoms with van der Waals surface area (Å²) in [4.78, 5) is 5.04. The van der Waals surface area contributed by atoms with Gasteiger partial charge in [0.25, 0.3) is 0 Å². The van der Waals surface area contributed by atoms with Crippen LogP contribution in [0.2, 0.25) is 0 Å². The van der Waals surface area contributed by atoms with Crippen molar-refractivity contribution in [3.63, 3.8) is 0 Å². The molecule has 19 heavy (non-hydrogen) atoms. The molecule has 0 aliphatic rings. The number of thiazole rings is 1. The minimum atomic E-state index is 0.114. The molecule has 0 spiro atoms. The first-order valence-corrected chi connectivity index (χ1v) is 6.95. The summed E-state index contributed by atoms with van der Waals surface area (Å²) in [6.45, 7) is 6.06. The smallest absolute Gasteiger partial charge is 0.227 e. The molecule has 5 heteroatoms. The van der Waals surface area contributed by atoms with E-state index in [-0.39, 0.29) is 11.8 Å². The zero-order valence-electron chi connectivity index (χ0n) is 11.5. The highest BCUT2D eigenvalue weighted by Gasteiger charge is 2.14. The third-order valence-corrected chi connectivity index (χ3v) is 4.17. The fraction of sp³-hybridized carbons (Fsp3) is 0.357. The lowest BCUT2D eigenvalue weighted by Gasteiger charge is -2.10. The fourth-order valence-corrected chi connectivity index (χ4v) is 2.71. The van der Waals surface area contributed by atoms with Crippen molar-refractivity contribution in [1.29, 1.82) is 0 Å². The zero-order chi connectivity index (χ0) is 14.0. The third kappa shape index (κ3) is 2.81. The number of rotatable bonds is 4. The molecular weight excluding hydrogens is 260 g/mol. The number of ether oxygens (including phenoxy) is 1. The molecule has 0 saturated heterocycles. The summed E-state index contributed by atoms with van der Waals surface area (Å²) >= 11 is 1.47. The first kappa shape index (κ1) is 13.7. The van der Waals surface area contributed by atoms with Crippen molar-refractivity contribution in [2.75, 3.05) is 12.4 Å². The second-order valence-electron chi connectivity index (χ2n) is 4.62. The van der Waals surface area contributed by atoms with Crippen LogP contribution in [0, 0.1) is 6.92 Å². The van der Waals surface area contributed by atoms with Crippen LogP contribution < -0.4 is 10.1 Å². The fourth-order valence-electron chi connectivity index (χ4n) is 1.84. The van der Waals surface area contributed by atoms with Crippen LogP contribution in [0.4, 0.5) is 10.8 Å². The summed E-state index contributed by atoms with van der Waals surface area (Å²) < 4.78 is 5.28. The predicted molar refractivity (Wildman–Crippen MR) is 78.9 cm³/mol. The molecule has 1 heterocycles. The number of nitrogens with one attached hydrogen (secondary N) is 1. The predicted octanol–water partition coefficient (Wildman–Crippen LogP) is 4.03. The number of hydrogen-bond acceptors (Lipinski definition) is 5. The number of hydrogen-bond donors (Lipinski definition) is 2. The Bertz CT molecular complexity index is 579. The van der Waals surface area contributed by atoms with Crippen molar-refractivity contribution >= 4 is 22.2 Å². The van der Waals surface area contributed by atoms with E-state index in [1.54, 1.807) is 7.11 Å². The van der Waals surface area contributed by atoms with Crippen molar-refractivity contribution in [2.24, 2.45) is 0 Å². The summed E-state index contributed by atoms with van der Waals surface area (Å²) in [5.41, 5.74) is 1.95. The van der Waals surface area contributed by atoms with E-state index in [0.29, 0.717) is 5.13 Å². The van der Waals surface area contributed by atoms with Gasteiger partial charge in [0.1, 0.15) is 5.75 Å². The molecule has 0 aliphatic heterocycles. The van der Waals surface area contributed by atoms with Crippen molar-refractivity contribution < 1.29 is 9.84 Å².